The Hall–Kier alpha value is -1.71. The molecule has 0 fully saturated rings. The first-order valence-corrected chi connectivity index (χ1v) is 10.3. The summed E-state index contributed by atoms with van der Waals surface area (Å²) < 4.78 is 36.5. The fourth-order valence-electron chi connectivity index (χ4n) is 1.95. The highest BCUT2D eigenvalue weighted by molar-refractivity contribution is 7.60. The van der Waals surface area contributed by atoms with Crippen LogP contribution in [0, 0.1) is 0 Å². The zero-order valence-corrected chi connectivity index (χ0v) is 15.6. The van der Waals surface area contributed by atoms with Gasteiger partial charge < -0.3 is 35.4 Å². The molecule has 0 saturated carbocycles. The number of hydrogen-bond donors (Lipinski definition) is 7. The first kappa shape index (κ1) is 22.6. The van der Waals surface area contributed by atoms with Crippen LogP contribution in [0.15, 0.2) is 11.1 Å². The number of aliphatic hydroxyl groups is 2. The Morgan fingerprint density at radius 2 is 2.00 bits per heavy atom. The van der Waals surface area contributed by atoms with Crippen LogP contribution in [-0.2, 0) is 29.4 Å². The number of aromatic nitrogens is 4. The van der Waals surface area contributed by atoms with Crippen molar-refractivity contribution in [3.63, 3.8) is 0 Å². The lowest BCUT2D eigenvalue weighted by Gasteiger charge is -2.23. The summed E-state index contributed by atoms with van der Waals surface area (Å²) in [4.78, 5) is 48.0. The van der Waals surface area contributed by atoms with Crippen molar-refractivity contribution in [3.8, 4) is 0 Å². The molecule has 0 spiro atoms. The number of H-pyrrole nitrogens is 1. The van der Waals surface area contributed by atoms with Gasteiger partial charge >= 0.3 is 15.6 Å². The number of anilines is 1. The fraction of sp³-hybridized carbons (Fsp3) is 0.500. The monoisotopic (exact) mass is 445 g/mol. The Balaban J connectivity index is 2.10. The number of rotatable bonds is 10. The Kier molecular flexibility index (Phi) is 7.06. The SMILES string of the molecule is Nc1nc2c(ncn2CO[C@H](COP(=O)(O)OP(=O)(O)O)C(O)CO)c(=O)[nH]1. The van der Waals surface area contributed by atoms with Gasteiger partial charge in [-0.05, 0) is 0 Å². The maximum atomic E-state index is 11.7. The first-order chi connectivity index (χ1) is 12.9. The van der Waals surface area contributed by atoms with E-state index in [-0.39, 0.29) is 17.1 Å². The number of nitrogens with one attached hydrogen (secondary N) is 1. The molecule has 2 heterocycles. The van der Waals surface area contributed by atoms with Gasteiger partial charge in [0.1, 0.15) is 18.9 Å². The van der Waals surface area contributed by atoms with Crippen LogP contribution in [0.4, 0.5) is 5.95 Å². The van der Waals surface area contributed by atoms with Crippen molar-refractivity contribution in [1.29, 1.82) is 0 Å². The summed E-state index contributed by atoms with van der Waals surface area (Å²) in [5.74, 6) is -0.190. The molecule has 0 radical (unpaired) electrons. The lowest BCUT2D eigenvalue weighted by Crippen LogP contribution is -2.36. The summed E-state index contributed by atoms with van der Waals surface area (Å²) in [5.41, 5.74) is 4.83. The topological polar surface area (TPSA) is 253 Å². The lowest BCUT2D eigenvalue weighted by molar-refractivity contribution is -0.0982. The molecule has 0 aliphatic rings. The van der Waals surface area contributed by atoms with Crippen LogP contribution in [0.2, 0.25) is 0 Å². The number of imidazole rings is 1. The average Bonchev–Trinajstić information content (AvgIpc) is 2.95. The molecule has 2 unspecified atom stereocenters. The van der Waals surface area contributed by atoms with Crippen LogP contribution in [0.5, 0.6) is 0 Å². The number of nitrogens with two attached hydrogens (primary N) is 1. The molecular formula is C10H17N5O11P2. The molecule has 2 aromatic heterocycles. The van der Waals surface area contributed by atoms with E-state index in [0.29, 0.717) is 0 Å². The zero-order valence-electron chi connectivity index (χ0n) is 13.9. The minimum absolute atomic E-state index is 0.0390. The van der Waals surface area contributed by atoms with Crippen LogP contribution in [0.25, 0.3) is 11.2 Å². The van der Waals surface area contributed by atoms with Crippen molar-refractivity contribution in [2.75, 3.05) is 18.9 Å². The third kappa shape index (κ3) is 6.15. The predicted octanol–water partition coefficient (Wildman–Crippen LogP) is -2.38. The normalized spacial score (nSPS) is 16.8. The van der Waals surface area contributed by atoms with E-state index >= 15 is 0 Å². The van der Waals surface area contributed by atoms with Gasteiger partial charge in [0, 0.05) is 0 Å². The summed E-state index contributed by atoms with van der Waals surface area (Å²) in [6, 6.07) is 0. The van der Waals surface area contributed by atoms with E-state index < -0.39 is 53.4 Å². The molecule has 18 heteroatoms. The fourth-order valence-corrected chi connectivity index (χ4v) is 3.55. The summed E-state index contributed by atoms with van der Waals surface area (Å²) in [7, 11) is -10.5. The van der Waals surface area contributed by atoms with Gasteiger partial charge in [0.25, 0.3) is 5.56 Å². The van der Waals surface area contributed by atoms with Crippen molar-refractivity contribution in [2.24, 2.45) is 0 Å². The summed E-state index contributed by atoms with van der Waals surface area (Å²) in [6.07, 6.45) is -1.88. The van der Waals surface area contributed by atoms with Crippen LogP contribution < -0.4 is 11.3 Å². The smallest absolute Gasteiger partial charge is 0.394 e. The van der Waals surface area contributed by atoms with Crippen molar-refractivity contribution < 1.29 is 47.6 Å². The molecule has 0 amide bonds. The Morgan fingerprint density at radius 3 is 2.61 bits per heavy atom. The third-order valence-corrected chi connectivity index (χ3v) is 5.30. The standard InChI is InChI=1S/C10H17N5O11P2/c11-10-13-8-7(9(18)14-10)12-3-15(8)4-24-6(5(17)1-16)2-25-28(22,23)26-27(19,20)21/h3,5-6,16-17H,1-2,4H2,(H,22,23)(H2,19,20,21)(H3,11,13,14,18)/t5?,6-/m1/s1. The first-order valence-electron chi connectivity index (χ1n) is 7.27. The second-order valence-corrected chi connectivity index (χ2v) is 8.09. The van der Waals surface area contributed by atoms with Crippen LogP contribution >= 0.6 is 15.6 Å². The molecule has 0 saturated heterocycles. The molecule has 0 aliphatic heterocycles. The van der Waals surface area contributed by atoms with Gasteiger partial charge in [0.15, 0.2) is 11.2 Å². The summed E-state index contributed by atoms with van der Waals surface area (Å²) in [6.45, 7) is -2.14. The Labute approximate surface area is 155 Å². The largest absolute Gasteiger partial charge is 0.481 e. The molecule has 158 valence electrons. The average molecular weight is 445 g/mol. The molecule has 3 atom stereocenters. The van der Waals surface area contributed by atoms with Crippen LogP contribution in [0.1, 0.15) is 0 Å². The van der Waals surface area contributed by atoms with Gasteiger partial charge in [-0.3, -0.25) is 18.9 Å². The Morgan fingerprint density at radius 1 is 1.32 bits per heavy atom. The summed E-state index contributed by atoms with van der Waals surface area (Å²) >= 11 is 0. The second-order valence-electron chi connectivity index (χ2n) is 5.26. The van der Waals surface area contributed by atoms with Crippen LogP contribution in [-0.4, -0.2) is 69.8 Å². The van der Waals surface area contributed by atoms with Crippen molar-refractivity contribution in [3.05, 3.63) is 16.7 Å². The van der Waals surface area contributed by atoms with Gasteiger partial charge in [-0.1, -0.05) is 0 Å². The van der Waals surface area contributed by atoms with Crippen molar-refractivity contribution in [2.45, 2.75) is 18.9 Å². The van der Waals surface area contributed by atoms with Crippen molar-refractivity contribution in [1.82, 2.24) is 19.5 Å². The number of phosphoric acid groups is 2. The summed E-state index contributed by atoms with van der Waals surface area (Å²) in [5, 5.41) is 18.8. The number of fused-ring (bicyclic) bond motifs is 1. The minimum Gasteiger partial charge on any atom is -0.394 e. The van der Waals surface area contributed by atoms with E-state index in [1.807, 2.05) is 0 Å². The molecule has 2 aromatic rings. The van der Waals surface area contributed by atoms with Gasteiger partial charge in [0.05, 0.1) is 19.5 Å². The number of aromatic amines is 1. The van der Waals surface area contributed by atoms with Gasteiger partial charge in [0.2, 0.25) is 5.95 Å². The number of ether oxygens (including phenoxy) is 1. The number of phosphoric ester groups is 1. The predicted molar refractivity (Wildman–Crippen MR) is 89.4 cm³/mol. The molecule has 28 heavy (non-hydrogen) atoms. The highest BCUT2D eigenvalue weighted by atomic mass is 31.3. The highest BCUT2D eigenvalue weighted by Gasteiger charge is 2.34. The van der Waals surface area contributed by atoms with E-state index in [2.05, 4.69) is 23.8 Å². The number of aliphatic hydroxyl groups excluding tert-OH is 2. The molecule has 0 bridgehead atoms. The van der Waals surface area contributed by atoms with Crippen LogP contribution in [0.3, 0.4) is 0 Å². The molecular weight excluding hydrogens is 428 g/mol. The Bertz CT molecular complexity index is 970. The molecule has 0 aromatic carbocycles. The molecule has 0 aliphatic carbocycles. The quantitative estimate of drug-likeness (QED) is 0.189. The van der Waals surface area contributed by atoms with E-state index in [9.17, 15) is 23.9 Å². The van der Waals surface area contributed by atoms with E-state index in [1.165, 1.54) is 10.9 Å². The minimum atomic E-state index is -5.33. The van der Waals surface area contributed by atoms with Gasteiger partial charge in [-0.15, -0.1) is 0 Å². The molecule has 16 nitrogen and oxygen atoms in total. The van der Waals surface area contributed by atoms with E-state index in [4.69, 9.17) is 25.4 Å². The number of hydrogen-bond acceptors (Lipinski definition) is 11. The second kappa shape index (κ2) is 8.75. The van der Waals surface area contributed by atoms with Gasteiger partial charge in [-0.25, -0.2) is 14.1 Å². The van der Waals surface area contributed by atoms with E-state index in [0.717, 1.165) is 0 Å². The molecule has 8 N–H and O–H groups in total. The van der Waals surface area contributed by atoms with Crippen molar-refractivity contribution >= 4 is 32.8 Å². The zero-order chi connectivity index (χ0) is 21.1. The lowest BCUT2D eigenvalue weighted by atomic mass is 10.2. The maximum absolute atomic E-state index is 11.7. The van der Waals surface area contributed by atoms with E-state index in [1.54, 1.807) is 0 Å². The molecule has 2 rings (SSSR count). The number of nitrogens with zero attached hydrogens (tertiary/aromatic N) is 3. The highest BCUT2D eigenvalue weighted by Crippen LogP contribution is 2.57. The van der Waals surface area contributed by atoms with Gasteiger partial charge in [-0.2, -0.15) is 9.29 Å². The number of nitrogen functional groups attached to an aromatic ring is 1. The maximum Gasteiger partial charge on any atom is 0.481 e. The third-order valence-electron chi connectivity index (χ3n) is 3.15.